The van der Waals surface area contributed by atoms with Gasteiger partial charge in [0.1, 0.15) is 0 Å². The molecule has 0 fully saturated rings. The molecule has 16 aromatic carbocycles. The molecule has 0 amide bonds. The van der Waals surface area contributed by atoms with E-state index in [-0.39, 0.29) is 51.8 Å². The average molecular weight is 2020 g/mol. The molecule has 16 rings (SSSR count). The number of benzene rings is 16. The third-order valence-corrected chi connectivity index (χ3v) is 32.2. The number of halogens is 6. The number of rotatable bonds is 14. The fourth-order valence-corrected chi connectivity index (χ4v) is 28.6. The number of fused-ring (bicyclic) bond motifs is 4. The topological polar surface area (TPSA) is 172 Å². The normalized spacial score (nSPS) is 11.6. The number of aryl methyl sites for hydroxylation is 16. The maximum absolute atomic E-state index is 10.7. The van der Waals surface area contributed by atoms with Gasteiger partial charge in [-0.1, -0.05) is 380 Å². The second kappa shape index (κ2) is 42.4. The van der Waals surface area contributed by atoms with Crippen LogP contribution in [0, 0.1) is 111 Å². The molecule has 0 atom stereocenters. The summed E-state index contributed by atoms with van der Waals surface area (Å²) in [5.74, 6) is 0. The van der Waals surface area contributed by atoms with Gasteiger partial charge in [0.15, 0.2) is 0 Å². The van der Waals surface area contributed by atoms with Crippen LogP contribution in [-0.4, -0.2) is 47.9 Å². The molecule has 0 saturated carbocycles. The monoisotopic (exact) mass is 2020 g/mol. The minimum atomic E-state index is -5.84. The third kappa shape index (κ3) is 23.8. The summed E-state index contributed by atoms with van der Waals surface area (Å²) in [7, 11) is -15.4. The van der Waals surface area contributed by atoms with E-state index in [2.05, 4.69) is 402 Å². The van der Waals surface area contributed by atoms with Crippen LogP contribution in [0.15, 0.2) is 291 Å². The zero-order valence-corrected chi connectivity index (χ0v) is 82.1. The van der Waals surface area contributed by atoms with Gasteiger partial charge in [-0.15, -0.1) is 0 Å². The van der Waals surface area contributed by atoms with Crippen LogP contribution < -0.4 is 63.7 Å². The molecule has 22 heteroatoms. The standard InChI is InChI=1S/2C52H48P2.2CHF3O3S.2H2O.2Pd/c2*1-33-21-34(2)26-43(25-33)53(44-27-35(3)22-36(4)28-44)49-19-17-41-13-9-11-15-47(41)51(49)52-48-16-12-10-14-42(48)18-20-50(52)54(45-29-37(5)23-38(6)30-45)46-31-39(7)24-40(8)32-46;2*2-1(3,4)8(5,6)7;;;;/h2*9-32H,1-8H3;2*(H,5,6,7);2*1H2;;. The first-order valence-electron chi connectivity index (χ1n) is 40.6. The maximum atomic E-state index is 10.7. The summed E-state index contributed by atoms with van der Waals surface area (Å²) in [5.41, 5.74) is 15.3. The van der Waals surface area contributed by atoms with E-state index >= 15 is 0 Å². The Morgan fingerprint density at radius 2 is 0.328 bits per heavy atom. The van der Waals surface area contributed by atoms with Crippen molar-refractivity contribution >= 4 is 159 Å². The van der Waals surface area contributed by atoms with Gasteiger partial charge in [0, 0.05) is 40.8 Å². The molecule has 16 aromatic rings. The summed E-state index contributed by atoms with van der Waals surface area (Å²) in [5, 5.41) is 27.2. The van der Waals surface area contributed by atoms with Crippen molar-refractivity contribution in [3.63, 3.8) is 0 Å². The number of hydrogen-bond donors (Lipinski definition) is 2. The van der Waals surface area contributed by atoms with Crippen molar-refractivity contribution in [1.82, 2.24) is 0 Å². The molecule has 0 unspecified atom stereocenters. The molecule has 0 aromatic heterocycles. The van der Waals surface area contributed by atoms with Gasteiger partial charge in [0.05, 0.1) is 0 Å². The zero-order valence-electron chi connectivity index (χ0n) is 73.7. The van der Waals surface area contributed by atoms with E-state index in [0.29, 0.717) is 0 Å². The molecule has 0 spiro atoms. The summed E-state index contributed by atoms with van der Waals surface area (Å²) in [6.07, 6.45) is 0. The number of alkyl halides is 6. The first-order chi connectivity index (χ1) is 58.5. The first kappa shape index (κ1) is 103. The summed E-state index contributed by atoms with van der Waals surface area (Å²) in [4.78, 5) is 0. The van der Waals surface area contributed by atoms with E-state index in [4.69, 9.17) is 25.9 Å². The van der Waals surface area contributed by atoms with Crippen molar-refractivity contribution in [3.8, 4) is 22.3 Å². The van der Waals surface area contributed by atoms with Crippen molar-refractivity contribution < 1.29 is 104 Å². The Labute approximate surface area is 780 Å². The van der Waals surface area contributed by atoms with E-state index in [1.165, 1.54) is 218 Å². The molecular weight excluding hydrogens is 1920 g/mol. The van der Waals surface area contributed by atoms with E-state index in [9.17, 15) is 26.3 Å². The molecule has 0 aliphatic carbocycles. The molecule has 0 aliphatic heterocycles. The molecule has 8 nitrogen and oxygen atoms in total. The van der Waals surface area contributed by atoms with Gasteiger partial charge in [-0.05, 0) is 271 Å². The second-order valence-corrected chi connectivity index (χ2v) is 44.2. The predicted molar refractivity (Wildman–Crippen MR) is 527 cm³/mol. The summed E-state index contributed by atoms with van der Waals surface area (Å²) >= 11 is 0. The van der Waals surface area contributed by atoms with Gasteiger partial charge in [-0.25, -0.2) is 0 Å². The minimum Gasteiger partial charge on any atom is -0.412 e. The maximum Gasteiger partial charge on any atom is 0.522 e. The van der Waals surface area contributed by atoms with Crippen molar-refractivity contribution in [2.24, 2.45) is 0 Å². The van der Waals surface area contributed by atoms with Crippen LogP contribution in [0.3, 0.4) is 0 Å². The molecule has 0 radical (unpaired) electrons. The largest absolute Gasteiger partial charge is 0.522 e. The van der Waals surface area contributed by atoms with Crippen LogP contribution in [-0.2, 0) is 61.1 Å². The molecule has 6 N–H and O–H groups in total. The molecule has 128 heavy (non-hydrogen) atoms. The second-order valence-electron chi connectivity index (χ2n) is 32.7. The van der Waals surface area contributed by atoms with Crippen molar-refractivity contribution in [1.29, 1.82) is 0 Å². The molecule has 0 bridgehead atoms. The third-order valence-electron chi connectivity index (χ3n) is 21.4. The van der Waals surface area contributed by atoms with Crippen LogP contribution >= 0.6 is 31.7 Å². The van der Waals surface area contributed by atoms with Crippen molar-refractivity contribution in [3.05, 3.63) is 380 Å². The van der Waals surface area contributed by atoms with E-state index in [1.807, 2.05) is 0 Å². The Morgan fingerprint density at radius 3 is 0.445 bits per heavy atom. The summed E-state index contributed by atoms with van der Waals surface area (Å²) < 4.78 is 115. The predicted octanol–water partition coefficient (Wildman–Crippen LogP) is 22.4. The van der Waals surface area contributed by atoms with Crippen LogP contribution in [0.25, 0.3) is 65.3 Å². The summed E-state index contributed by atoms with van der Waals surface area (Å²) in [6, 6.07) is 113. The fourth-order valence-electron chi connectivity index (χ4n) is 17.2. The van der Waals surface area contributed by atoms with E-state index < -0.39 is 62.9 Å². The fraction of sp³-hybridized carbons (Fsp3) is 0.170. The Kier molecular flexibility index (Phi) is 34.0. The molecule has 0 aliphatic rings. The summed E-state index contributed by atoms with van der Waals surface area (Å²) in [6.45, 7) is 35.9. The Balaban J connectivity index is 0.000000240. The number of hydrogen-bond acceptors (Lipinski definition) is 4. The van der Waals surface area contributed by atoms with Crippen LogP contribution in [0.1, 0.15) is 89.0 Å². The van der Waals surface area contributed by atoms with Gasteiger partial charge >= 0.3 is 31.3 Å². The van der Waals surface area contributed by atoms with Crippen LogP contribution in [0.5, 0.6) is 0 Å². The zero-order chi connectivity index (χ0) is 89.3. The Morgan fingerprint density at radius 1 is 0.211 bits per heavy atom. The molecule has 0 saturated heterocycles. The smallest absolute Gasteiger partial charge is 0.412 e. The van der Waals surface area contributed by atoms with Gasteiger partial charge in [-0.2, -0.15) is 43.2 Å². The van der Waals surface area contributed by atoms with E-state index in [0.717, 1.165) is 0 Å². The van der Waals surface area contributed by atoms with E-state index in [1.54, 1.807) is 0 Å². The minimum absolute atomic E-state index is 0. The SMILES string of the molecule is Cc1cc(C)cc(P(c2cc(C)cc(C)c2)c2ccc3ccccc3c2-c2c(P(c3cc(C)cc(C)c3)c3cc(C)cc(C)c3)ccc3ccccc23)c1.Cc1cc(C)cc(P(c2cc(C)cc(C)c2)c2ccc3ccccc3c2-c2c(P(c3cc(C)cc(C)c3)c3cc(C)cc(C)c3)ccc3ccccc23)c1.O.O.O=S(=O)(O)C(F)(F)F.O=S(=O)(O)C(F)(F)F.[Pd].[Pd]. The molecular formula is C106H102F6O8P4Pd2S2. The van der Waals surface area contributed by atoms with Crippen molar-refractivity contribution in [2.45, 2.75) is 122 Å². The Hall–Kier alpha value is -9.08. The van der Waals surface area contributed by atoms with Gasteiger partial charge in [0.25, 0.3) is 0 Å². The van der Waals surface area contributed by atoms with Crippen LogP contribution in [0.2, 0.25) is 0 Å². The van der Waals surface area contributed by atoms with Gasteiger partial charge < -0.3 is 11.0 Å². The molecule has 0 heterocycles. The molecule has 668 valence electrons. The van der Waals surface area contributed by atoms with Gasteiger partial charge in [0.2, 0.25) is 0 Å². The quantitative estimate of drug-likeness (QED) is 0.0361. The van der Waals surface area contributed by atoms with Crippen LogP contribution in [0.4, 0.5) is 26.3 Å². The van der Waals surface area contributed by atoms with Crippen molar-refractivity contribution in [2.75, 3.05) is 0 Å². The Bertz CT molecular complexity index is 5910. The first-order valence-corrected chi connectivity index (χ1v) is 48.8. The average Bonchev–Trinajstić information content (AvgIpc) is 0.732. The van der Waals surface area contributed by atoms with Gasteiger partial charge in [-0.3, -0.25) is 9.11 Å².